The molecule has 0 spiro atoms. The smallest absolute Gasteiger partial charge is 0.0973 e. The molecule has 7 aromatic carbocycles. The second kappa shape index (κ2) is 10.8. The Morgan fingerprint density at radius 1 is 0.239 bits per heavy atom. The SMILES string of the molecule is c1ccc(-c2nc(-c3ccccc3)c(-c3ccc(-c4ccc5c6c(cccc46)-c4ccccc4-5)cc3)nc2-c2ccccc2)cc1. The van der Waals surface area contributed by atoms with E-state index in [1.54, 1.807) is 0 Å². The van der Waals surface area contributed by atoms with E-state index in [2.05, 4.69) is 152 Å². The van der Waals surface area contributed by atoms with Gasteiger partial charge in [0.15, 0.2) is 0 Å². The van der Waals surface area contributed by atoms with Crippen molar-refractivity contribution in [1.82, 2.24) is 9.97 Å². The van der Waals surface area contributed by atoms with E-state index in [1.165, 1.54) is 44.2 Å². The van der Waals surface area contributed by atoms with Crippen molar-refractivity contribution < 1.29 is 0 Å². The molecule has 0 saturated carbocycles. The average molecular weight is 585 g/mol. The summed E-state index contributed by atoms with van der Waals surface area (Å²) in [6.07, 6.45) is 0. The van der Waals surface area contributed by atoms with Gasteiger partial charge in [0.05, 0.1) is 22.8 Å². The maximum absolute atomic E-state index is 5.41. The molecule has 0 fully saturated rings. The molecule has 9 rings (SSSR count). The van der Waals surface area contributed by atoms with Crippen LogP contribution in [0.5, 0.6) is 0 Å². The number of rotatable bonds is 5. The molecule has 1 aromatic heterocycles. The number of hydrogen-bond donors (Lipinski definition) is 0. The van der Waals surface area contributed by atoms with Crippen molar-refractivity contribution in [3.05, 3.63) is 170 Å². The van der Waals surface area contributed by atoms with Crippen LogP contribution in [-0.4, -0.2) is 9.97 Å². The maximum atomic E-state index is 5.41. The van der Waals surface area contributed by atoms with Crippen LogP contribution in [-0.2, 0) is 0 Å². The summed E-state index contributed by atoms with van der Waals surface area (Å²) in [6.45, 7) is 0. The van der Waals surface area contributed by atoms with Crippen molar-refractivity contribution in [2.45, 2.75) is 0 Å². The van der Waals surface area contributed by atoms with Gasteiger partial charge in [-0.05, 0) is 44.2 Å². The zero-order valence-corrected chi connectivity index (χ0v) is 25.1. The highest BCUT2D eigenvalue weighted by Crippen LogP contribution is 2.49. The van der Waals surface area contributed by atoms with E-state index in [4.69, 9.17) is 9.97 Å². The van der Waals surface area contributed by atoms with Crippen LogP contribution in [0.15, 0.2) is 170 Å². The van der Waals surface area contributed by atoms with Crippen molar-refractivity contribution in [3.8, 4) is 78.4 Å². The van der Waals surface area contributed by atoms with Crippen molar-refractivity contribution >= 4 is 10.8 Å². The fourth-order valence-electron chi connectivity index (χ4n) is 6.90. The Bertz CT molecular complexity index is 2350. The van der Waals surface area contributed by atoms with Crippen LogP contribution in [0.1, 0.15) is 0 Å². The van der Waals surface area contributed by atoms with Gasteiger partial charge in [0.2, 0.25) is 0 Å². The minimum atomic E-state index is 0.868. The molecule has 0 bridgehead atoms. The fourth-order valence-corrected chi connectivity index (χ4v) is 6.90. The zero-order valence-electron chi connectivity index (χ0n) is 25.1. The summed E-state index contributed by atoms with van der Waals surface area (Å²) in [5, 5.41) is 2.62. The molecule has 0 N–H and O–H groups in total. The molecule has 0 radical (unpaired) electrons. The fraction of sp³-hybridized carbons (Fsp3) is 0. The number of benzene rings is 7. The van der Waals surface area contributed by atoms with E-state index in [-0.39, 0.29) is 0 Å². The Morgan fingerprint density at radius 2 is 0.609 bits per heavy atom. The summed E-state index contributed by atoms with van der Waals surface area (Å²) in [4.78, 5) is 10.8. The van der Waals surface area contributed by atoms with Crippen molar-refractivity contribution in [1.29, 1.82) is 0 Å². The van der Waals surface area contributed by atoms with Crippen molar-refractivity contribution in [3.63, 3.8) is 0 Å². The van der Waals surface area contributed by atoms with Gasteiger partial charge in [-0.25, -0.2) is 9.97 Å². The first kappa shape index (κ1) is 26.3. The molecule has 0 unspecified atom stereocenters. The average Bonchev–Trinajstić information content (AvgIpc) is 3.47. The second-order valence-electron chi connectivity index (χ2n) is 11.7. The molecule has 8 aromatic rings. The Morgan fingerprint density at radius 3 is 1.11 bits per heavy atom. The van der Waals surface area contributed by atoms with Gasteiger partial charge in [0, 0.05) is 22.3 Å². The summed E-state index contributed by atoms with van der Waals surface area (Å²) in [5.41, 5.74) is 15.3. The van der Waals surface area contributed by atoms with Crippen LogP contribution in [0, 0.1) is 0 Å². The van der Waals surface area contributed by atoms with Crippen LogP contribution < -0.4 is 0 Å². The number of hydrogen-bond acceptors (Lipinski definition) is 2. The summed E-state index contributed by atoms with van der Waals surface area (Å²) >= 11 is 0. The molecule has 0 aliphatic heterocycles. The van der Waals surface area contributed by atoms with Crippen LogP contribution in [0.4, 0.5) is 0 Å². The standard InChI is InChI=1S/C44H28N2/c1-4-13-30(14-5-1)41-42(31-15-6-2-7-16-31)46-44(43(45-41)32-17-8-3-9-18-32)33-25-23-29(24-26-33)34-27-28-39-36-20-11-10-19-35(36)38-22-12-21-37(34)40(38)39/h1-28H. The Kier molecular flexibility index (Phi) is 6.17. The zero-order chi connectivity index (χ0) is 30.5. The monoisotopic (exact) mass is 584 g/mol. The molecule has 2 nitrogen and oxygen atoms in total. The Balaban J connectivity index is 1.21. The molecule has 2 heteroatoms. The van der Waals surface area contributed by atoms with E-state index in [9.17, 15) is 0 Å². The third-order valence-electron chi connectivity index (χ3n) is 9.05. The normalized spacial score (nSPS) is 11.5. The van der Waals surface area contributed by atoms with E-state index in [0.29, 0.717) is 0 Å². The first-order chi connectivity index (χ1) is 22.8. The van der Waals surface area contributed by atoms with Crippen LogP contribution in [0.25, 0.3) is 89.2 Å². The number of nitrogens with zero attached hydrogens (tertiary/aromatic N) is 2. The lowest BCUT2D eigenvalue weighted by Gasteiger charge is -2.16. The van der Waals surface area contributed by atoms with Crippen LogP contribution in [0.2, 0.25) is 0 Å². The highest BCUT2D eigenvalue weighted by molar-refractivity contribution is 6.18. The first-order valence-electron chi connectivity index (χ1n) is 15.7. The van der Waals surface area contributed by atoms with Gasteiger partial charge in [-0.15, -0.1) is 0 Å². The third-order valence-corrected chi connectivity index (χ3v) is 9.05. The molecule has 1 aliphatic carbocycles. The lowest BCUT2D eigenvalue weighted by molar-refractivity contribution is 1.21. The molecular weight excluding hydrogens is 556 g/mol. The predicted octanol–water partition coefficient (Wildman–Crippen LogP) is 11.6. The summed E-state index contributed by atoms with van der Waals surface area (Å²) in [6, 6.07) is 59.9. The predicted molar refractivity (Wildman–Crippen MR) is 191 cm³/mol. The van der Waals surface area contributed by atoms with Crippen molar-refractivity contribution in [2.75, 3.05) is 0 Å². The highest BCUT2D eigenvalue weighted by atomic mass is 14.9. The summed E-state index contributed by atoms with van der Waals surface area (Å²) in [7, 11) is 0. The van der Waals surface area contributed by atoms with E-state index in [0.717, 1.165) is 45.0 Å². The first-order valence-corrected chi connectivity index (χ1v) is 15.7. The van der Waals surface area contributed by atoms with Crippen LogP contribution in [0.3, 0.4) is 0 Å². The topological polar surface area (TPSA) is 25.8 Å². The molecule has 1 heterocycles. The summed E-state index contributed by atoms with van der Waals surface area (Å²) in [5.74, 6) is 0. The van der Waals surface area contributed by atoms with E-state index in [1.807, 2.05) is 18.2 Å². The third kappa shape index (κ3) is 4.27. The van der Waals surface area contributed by atoms with Gasteiger partial charge >= 0.3 is 0 Å². The minimum Gasteiger partial charge on any atom is -0.243 e. The summed E-state index contributed by atoms with van der Waals surface area (Å²) < 4.78 is 0. The van der Waals surface area contributed by atoms with Gasteiger partial charge in [-0.2, -0.15) is 0 Å². The number of aromatic nitrogens is 2. The van der Waals surface area contributed by atoms with Gasteiger partial charge in [-0.3, -0.25) is 0 Å². The Hall–Kier alpha value is -6.12. The molecule has 214 valence electrons. The van der Waals surface area contributed by atoms with Gasteiger partial charge in [-0.1, -0.05) is 170 Å². The van der Waals surface area contributed by atoms with Gasteiger partial charge < -0.3 is 0 Å². The van der Waals surface area contributed by atoms with E-state index < -0.39 is 0 Å². The molecule has 0 atom stereocenters. The molecule has 46 heavy (non-hydrogen) atoms. The quantitative estimate of drug-likeness (QED) is 0.201. The minimum absolute atomic E-state index is 0.868. The molecular formula is C44H28N2. The maximum Gasteiger partial charge on any atom is 0.0973 e. The number of fused-ring (bicyclic) bond motifs is 3. The molecule has 0 saturated heterocycles. The van der Waals surface area contributed by atoms with Gasteiger partial charge in [0.1, 0.15) is 0 Å². The van der Waals surface area contributed by atoms with Gasteiger partial charge in [0.25, 0.3) is 0 Å². The Labute approximate surface area is 268 Å². The lowest BCUT2D eigenvalue weighted by atomic mass is 9.93. The lowest BCUT2D eigenvalue weighted by Crippen LogP contribution is -2.00. The molecule has 1 aliphatic rings. The van der Waals surface area contributed by atoms with Crippen LogP contribution >= 0.6 is 0 Å². The molecule has 0 amide bonds. The van der Waals surface area contributed by atoms with E-state index >= 15 is 0 Å². The van der Waals surface area contributed by atoms with Crippen molar-refractivity contribution in [2.24, 2.45) is 0 Å². The second-order valence-corrected chi connectivity index (χ2v) is 11.7. The largest absolute Gasteiger partial charge is 0.243 e. The highest BCUT2D eigenvalue weighted by Gasteiger charge is 2.23.